The summed E-state index contributed by atoms with van der Waals surface area (Å²) in [5, 5.41) is 12.6. The van der Waals surface area contributed by atoms with E-state index in [1.54, 1.807) is 0 Å². The minimum atomic E-state index is -2.48. The molecule has 4 aliphatic heterocycles. The molecule has 2 atom stereocenters. The summed E-state index contributed by atoms with van der Waals surface area (Å²) in [7, 11) is 0. The van der Waals surface area contributed by atoms with Crippen LogP contribution in [0.25, 0.3) is 66.8 Å². The number of fused-ring (bicyclic) bond motifs is 16. The second-order valence-electron chi connectivity index (χ2n) is 20.4. The Kier molecular flexibility index (Phi) is 11.8. The summed E-state index contributed by atoms with van der Waals surface area (Å²) >= 11 is 14.1. The van der Waals surface area contributed by atoms with Crippen LogP contribution in [0.4, 0.5) is 45.5 Å². The first kappa shape index (κ1) is 48.3. The molecule has 4 aliphatic rings. The van der Waals surface area contributed by atoms with Crippen molar-refractivity contribution in [2.75, 3.05) is 20.0 Å². The fourth-order valence-corrected chi connectivity index (χ4v) is 22.1. The predicted molar refractivity (Wildman–Crippen MR) is 349 cm³/mol. The second-order valence-corrected chi connectivity index (χ2v) is 28.6. The van der Waals surface area contributed by atoms with Gasteiger partial charge >= 0.3 is 0 Å². The van der Waals surface area contributed by atoms with E-state index in [9.17, 15) is 0 Å². The summed E-state index contributed by atoms with van der Waals surface area (Å²) < 4.78 is 5.06. The Morgan fingerprint density at radius 1 is 0.225 bits per heavy atom. The highest BCUT2D eigenvalue weighted by molar-refractivity contribution is 8.24. The summed E-state index contributed by atoms with van der Waals surface area (Å²) in [6.07, 6.45) is -4.97. The molecule has 0 radical (unpaired) electrons. The van der Waals surface area contributed by atoms with E-state index in [0.717, 1.165) is 33.9 Å². The summed E-state index contributed by atoms with van der Waals surface area (Å²) in [4.78, 5) is 0. The number of benzene rings is 12. The molecule has 380 valence electrons. The van der Waals surface area contributed by atoms with Gasteiger partial charge in [-0.05, 0) is 76.3 Å². The second kappa shape index (κ2) is 19.5. The smallest absolute Gasteiger partial charge is 0.0985 e. The van der Waals surface area contributed by atoms with Crippen molar-refractivity contribution < 1.29 is 0 Å². The van der Waals surface area contributed by atoms with Gasteiger partial charge in [0, 0.05) is 82.9 Å². The standard InChI is InChI=1S/C36H22N2P2S2.C36H28N2/c41-39-31-19-7-3-13-25(31)23-11-1-5-15-27(23)37(39)29-17-9-18-30-35(29)36-33(39)21-10-22-34(36)40(42)32-20-8-4-14-26(32)24-12-2-6-16-28(24)38(30)40;1-4-15-27(16-5-1)30-21-10-12-23-32(30)37-34-25-14-26-35(36(34)29-19-8-3-9-20-29)38-33-24-13-11-22-31(33)28-17-6-2-7-18-28/h1-22H;1-26,37-38H. The molecule has 12 aromatic rings. The van der Waals surface area contributed by atoms with Gasteiger partial charge in [0.1, 0.15) is 0 Å². The monoisotopic (exact) mass is 1100 g/mol. The highest BCUT2D eigenvalue weighted by atomic mass is 32.4. The molecule has 0 aromatic heterocycles. The van der Waals surface area contributed by atoms with Crippen LogP contribution in [-0.2, 0) is 23.6 Å². The number of hydrogen-bond acceptors (Lipinski definition) is 4. The van der Waals surface area contributed by atoms with Crippen LogP contribution < -0.4 is 41.2 Å². The first-order chi connectivity index (χ1) is 39.5. The zero-order valence-electron chi connectivity index (χ0n) is 43.3. The molecule has 0 amide bonds. The Labute approximate surface area is 477 Å². The molecule has 0 bridgehead atoms. The van der Waals surface area contributed by atoms with E-state index in [1.807, 2.05) is 0 Å². The van der Waals surface area contributed by atoms with E-state index in [2.05, 4.69) is 311 Å². The van der Waals surface area contributed by atoms with Crippen molar-refractivity contribution in [3.05, 3.63) is 291 Å². The third kappa shape index (κ3) is 7.48. The number of hydrogen-bond donors (Lipinski definition) is 2. The fraction of sp³-hybridized carbons (Fsp3) is 0. The van der Waals surface area contributed by atoms with Gasteiger partial charge in [0.25, 0.3) is 0 Å². The molecule has 8 heteroatoms. The van der Waals surface area contributed by atoms with Crippen LogP contribution in [0.1, 0.15) is 0 Å². The highest BCUT2D eigenvalue weighted by Gasteiger charge is 2.51. The van der Waals surface area contributed by atoms with E-state index in [4.69, 9.17) is 23.6 Å². The van der Waals surface area contributed by atoms with Gasteiger partial charge in [-0.3, -0.25) is 0 Å². The minimum absolute atomic E-state index is 1.04. The molecule has 2 N–H and O–H groups in total. The average molecular weight is 1100 g/mol. The lowest BCUT2D eigenvalue weighted by atomic mass is 9.97. The Bertz CT molecular complexity index is 4270. The number of rotatable bonds is 7. The average Bonchev–Trinajstić information content (AvgIpc) is 1.59. The SMILES string of the molecule is S=P12c3ccccc3-c3ccccc3N1c1cccc3c1-c1c2cccc1P1(=S)c2ccccc2-c2ccccc2N31.c1ccc(-c2ccccc2Nc2cccc(Nc3ccccc3-c3ccccc3)c2-c2ccccc2)cc1. The number of nitrogens with zero attached hydrogens (tertiary/aromatic N) is 2. The number of nitrogens with one attached hydrogen (secondary N) is 2. The molecule has 0 aliphatic carbocycles. The van der Waals surface area contributed by atoms with Gasteiger partial charge in [-0.25, -0.2) is 0 Å². The van der Waals surface area contributed by atoms with Crippen molar-refractivity contribution in [1.29, 1.82) is 0 Å². The van der Waals surface area contributed by atoms with Crippen LogP contribution in [0.2, 0.25) is 0 Å². The normalized spacial score (nSPS) is 16.1. The maximum Gasteiger partial charge on any atom is 0.0985 e. The minimum Gasteiger partial charge on any atom is -0.354 e. The lowest BCUT2D eigenvalue weighted by Gasteiger charge is -2.53. The fourth-order valence-electron chi connectivity index (χ4n) is 12.6. The van der Waals surface area contributed by atoms with Gasteiger partial charge in [-0.1, -0.05) is 266 Å². The van der Waals surface area contributed by atoms with Crippen LogP contribution in [0.5, 0.6) is 0 Å². The van der Waals surface area contributed by atoms with Crippen molar-refractivity contribution in [1.82, 2.24) is 0 Å². The van der Waals surface area contributed by atoms with Crippen molar-refractivity contribution in [2.24, 2.45) is 0 Å². The number of anilines is 8. The Hall–Kier alpha value is -8.86. The van der Waals surface area contributed by atoms with Gasteiger partial charge in [0.05, 0.1) is 35.1 Å². The molecular weight excluding hydrogens is 1050 g/mol. The van der Waals surface area contributed by atoms with Crippen molar-refractivity contribution >= 4 is 103 Å². The molecule has 12 aromatic carbocycles. The quantitative estimate of drug-likeness (QED) is 0.155. The zero-order chi connectivity index (χ0) is 53.4. The highest BCUT2D eigenvalue weighted by Crippen LogP contribution is 2.73. The van der Waals surface area contributed by atoms with E-state index < -0.39 is 12.4 Å². The van der Waals surface area contributed by atoms with Crippen LogP contribution >= 0.6 is 12.4 Å². The molecule has 4 heterocycles. The Balaban J connectivity index is 0.000000139. The van der Waals surface area contributed by atoms with Crippen LogP contribution in [0, 0.1) is 0 Å². The molecule has 0 fully saturated rings. The molecule has 2 unspecified atom stereocenters. The topological polar surface area (TPSA) is 30.5 Å². The van der Waals surface area contributed by atoms with Gasteiger partial charge in [-0.2, -0.15) is 0 Å². The molecule has 80 heavy (non-hydrogen) atoms. The molecule has 0 saturated heterocycles. The molecule has 4 nitrogen and oxygen atoms in total. The van der Waals surface area contributed by atoms with E-state index in [1.165, 1.54) is 99.6 Å². The lowest BCUT2D eigenvalue weighted by Crippen LogP contribution is -2.44. The summed E-state index contributed by atoms with van der Waals surface area (Å²) in [6.45, 7) is 0. The lowest BCUT2D eigenvalue weighted by molar-refractivity contribution is 1.34. The molecule has 0 saturated carbocycles. The van der Waals surface area contributed by atoms with E-state index >= 15 is 0 Å². The van der Waals surface area contributed by atoms with E-state index in [-0.39, 0.29) is 0 Å². The zero-order valence-corrected chi connectivity index (χ0v) is 46.7. The molecule has 0 spiro atoms. The van der Waals surface area contributed by atoms with Crippen LogP contribution in [0.3, 0.4) is 0 Å². The molecular formula is C72H50N4P2S2. The van der Waals surface area contributed by atoms with Gasteiger partial charge in [-0.15, -0.1) is 0 Å². The van der Waals surface area contributed by atoms with Crippen LogP contribution in [-0.4, -0.2) is 0 Å². The third-order valence-corrected chi connectivity index (χ3v) is 25.4. The third-order valence-electron chi connectivity index (χ3n) is 16.0. The van der Waals surface area contributed by atoms with Crippen molar-refractivity contribution in [2.45, 2.75) is 0 Å². The summed E-state index contributed by atoms with van der Waals surface area (Å²) in [6, 6.07) is 104. The Morgan fingerprint density at radius 3 is 1.00 bits per heavy atom. The maximum atomic E-state index is 7.04. The van der Waals surface area contributed by atoms with E-state index in [0.29, 0.717) is 0 Å². The van der Waals surface area contributed by atoms with Crippen LogP contribution in [0.15, 0.2) is 291 Å². The first-order valence-corrected chi connectivity index (χ1v) is 32.5. The number of para-hydroxylation sites is 4. The maximum absolute atomic E-state index is 7.04. The largest absolute Gasteiger partial charge is 0.354 e. The Morgan fingerprint density at radius 2 is 0.537 bits per heavy atom. The predicted octanol–water partition coefficient (Wildman–Crippen LogP) is 18.5. The first-order valence-electron chi connectivity index (χ1n) is 27.0. The molecule has 16 rings (SSSR count). The van der Waals surface area contributed by atoms with Gasteiger partial charge in [0.15, 0.2) is 0 Å². The van der Waals surface area contributed by atoms with Crippen molar-refractivity contribution in [3.63, 3.8) is 0 Å². The van der Waals surface area contributed by atoms with Gasteiger partial charge < -0.3 is 20.0 Å². The summed E-state index contributed by atoms with van der Waals surface area (Å²) in [5.41, 5.74) is 23.5. The van der Waals surface area contributed by atoms with Gasteiger partial charge in [0.2, 0.25) is 0 Å². The summed E-state index contributed by atoms with van der Waals surface area (Å²) in [5.74, 6) is 0. The van der Waals surface area contributed by atoms with Crippen molar-refractivity contribution in [3.8, 4) is 66.8 Å².